The van der Waals surface area contributed by atoms with Crippen molar-refractivity contribution in [2.24, 2.45) is 0 Å². The van der Waals surface area contributed by atoms with Gasteiger partial charge >= 0.3 is 0 Å². The molecule has 1 atom stereocenters. The molecule has 3 heterocycles. The Kier molecular flexibility index (Phi) is 4.59. The van der Waals surface area contributed by atoms with Crippen molar-refractivity contribution in [2.75, 3.05) is 23.9 Å². The van der Waals surface area contributed by atoms with Crippen molar-refractivity contribution < 1.29 is 14.3 Å². The summed E-state index contributed by atoms with van der Waals surface area (Å²) in [6.45, 7) is 5.26. The molecule has 0 fully saturated rings. The van der Waals surface area contributed by atoms with Crippen molar-refractivity contribution in [3.05, 3.63) is 53.6 Å². The highest BCUT2D eigenvalue weighted by molar-refractivity contribution is 8.00. The average molecular weight is 407 g/mol. The number of fused-ring (bicyclic) bond motifs is 3. The molecule has 0 N–H and O–H groups in total. The molecule has 5 rings (SSSR count). The lowest BCUT2D eigenvalue weighted by molar-refractivity contribution is -0.116. The summed E-state index contributed by atoms with van der Waals surface area (Å²) in [5, 5.41) is 1.90. The first-order valence-corrected chi connectivity index (χ1v) is 10.8. The molecule has 148 valence electrons. The third kappa shape index (κ3) is 3.31. The molecule has 1 amide bonds. The van der Waals surface area contributed by atoms with Crippen molar-refractivity contribution in [1.29, 1.82) is 0 Å². The molecule has 0 saturated carbocycles. The predicted octanol–water partition coefficient (Wildman–Crippen LogP) is 4.38. The standard InChI is InChI=1S/C23H22N2O3S/c1-14-9-17-11-20-21(28-8-7-27-20)12-18(17)24-23(14)29-13-22(26)25-15(2)10-16-5-3-4-6-19(16)25/h3-6,9,11-12,15H,7-8,10,13H2,1-2H3. The Balaban J connectivity index is 1.38. The second-order valence-electron chi connectivity index (χ2n) is 7.53. The summed E-state index contributed by atoms with van der Waals surface area (Å²) < 4.78 is 11.3. The van der Waals surface area contributed by atoms with E-state index in [0.717, 1.165) is 45.1 Å². The first-order valence-electron chi connectivity index (χ1n) is 9.84. The van der Waals surface area contributed by atoms with E-state index in [1.165, 1.54) is 17.3 Å². The van der Waals surface area contributed by atoms with Gasteiger partial charge in [-0.15, -0.1) is 0 Å². The Hall–Kier alpha value is -2.73. The fourth-order valence-corrected chi connectivity index (χ4v) is 4.94. The van der Waals surface area contributed by atoms with Gasteiger partial charge in [0, 0.05) is 23.2 Å². The zero-order chi connectivity index (χ0) is 20.0. The topological polar surface area (TPSA) is 51.7 Å². The van der Waals surface area contributed by atoms with Crippen molar-refractivity contribution in [3.63, 3.8) is 0 Å². The largest absolute Gasteiger partial charge is 0.486 e. The molecule has 6 heteroatoms. The Morgan fingerprint density at radius 3 is 2.76 bits per heavy atom. The molecule has 0 aliphatic carbocycles. The maximum atomic E-state index is 13.0. The highest BCUT2D eigenvalue weighted by atomic mass is 32.2. The van der Waals surface area contributed by atoms with Gasteiger partial charge in [0.25, 0.3) is 0 Å². The molecule has 1 aromatic heterocycles. The number of thioether (sulfide) groups is 1. The number of rotatable bonds is 3. The van der Waals surface area contributed by atoms with Gasteiger partial charge in [-0.05, 0) is 49.6 Å². The highest BCUT2D eigenvalue weighted by Gasteiger charge is 2.30. The predicted molar refractivity (Wildman–Crippen MR) is 115 cm³/mol. The summed E-state index contributed by atoms with van der Waals surface area (Å²) in [6, 6.07) is 14.4. The van der Waals surface area contributed by atoms with E-state index in [1.807, 2.05) is 42.2 Å². The second-order valence-corrected chi connectivity index (χ2v) is 8.50. The molecule has 5 nitrogen and oxygen atoms in total. The number of nitrogens with zero attached hydrogens (tertiary/aromatic N) is 2. The van der Waals surface area contributed by atoms with E-state index < -0.39 is 0 Å². The summed E-state index contributed by atoms with van der Waals surface area (Å²) in [5.74, 6) is 1.98. The zero-order valence-corrected chi connectivity index (χ0v) is 17.3. The molecule has 0 spiro atoms. The molecule has 2 aromatic carbocycles. The minimum absolute atomic E-state index is 0.121. The molecule has 0 saturated heterocycles. The minimum Gasteiger partial charge on any atom is -0.486 e. The molecular formula is C23H22N2O3S. The molecule has 1 unspecified atom stereocenters. The van der Waals surface area contributed by atoms with Crippen molar-refractivity contribution in [1.82, 2.24) is 4.98 Å². The number of hydrogen-bond acceptors (Lipinski definition) is 5. The first-order chi connectivity index (χ1) is 14.1. The van der Waals surface area contributed by atoms with Crippen molar-refractivity contribution in [2.45, 2.75) is 31.3 Å². The van der Waals surface area contributed by atoms with Crippen LogP contribution in [0.25, 0.3) is 10.9 Å². The number of aryl methyl sites for hydroxylation is 1. The number of aromatic nitrogens is 1. The molecule has 29 heavy (non-hydrogen) atoms. The van der Waals surface area contributed by atoms with E-state index in [-0.39, 0.29) is 11.9 Å². The van der Waals surface area contributed by atoms with Gasteiger partial charge in [-0.1, -0.05) is 30.0 Å². The van der Waals surface area contributed by atoms with Crippen molar-refractivity contribution in [3.8, 4) is 11.5 Å². The number of ether oxygens (including phenoxy) is 2. The lowest BCUT2D eigenvalue weighted by Crippen LogP contribution is -2.37. The molecule has 0 radical (unpaired) electrons. The smallest absolute Gasteiger partial charge is 0.237 e. The van der Waals surface area contributed by atoms with Crippen LogP contribution in [-0.2, 0) is 11.2 Å². The van der Waals surface area contributed by atoms with Crippen LogP contribution in [0.3, 0.4) is 0 Å². The van der Waals surface area contributed by atoms with Crippen LogP contribution >= 0.6 is 11.8 Å². The fraction of sp³-hybridized carbons (Fsp3) is 0.304. The van der Waals surface area contributed by atoms with Gasteiger partial charge in [-0.2, -0.15) is 0 Å². The van der Waals surface area contributed by atoms with Gasteiger partial charge in [-0.25, -0.2) is 4.98 Å². The lowest BCUT2D eigenvalue weighted by Gasteiger charge is -2.22. The summed E-state index contributed by atoms with van der Waals surface area (Å²) in [5.41, 5.74) is 4.19. The number of benzene rings is 2. The van der Waals surface area contributed by atoms with E-state index in [0.29, 0.717) is 19.0 Å². The fourth-order valence-electron chi connectivity index (χ4n) is 4.09. The maximum absolute atomic E-state index is 13.0. The monoisotopic (exact) mass is 406 g/mol. The van der Waals surface area contributed by atoms with Gasteiger partial charge in [0.2, 0.25) is 5.91 Å². The van der Waals surface area contributed by atoms with Crippen LogP contribution < -0.4 is 14.4 Å². The van der Waals surface area contributed by atoms with Crippen LogP contribution in [0, 0.1) is 6.92 Å². The van der Waals surface area contributed by atoms with E-state index in [9.17, 15) is 4.79 Å². The van der Waals surface area contributed by atoms with Crippen LogP contribution in [0.2, 0.25) is 0 Å². The second kappa shape index (κ2) is 7.26. The maximum Gasteiger partial charge on any atom is 0.237 e. The van der Waals surface area contributed by atoms with Crippen molar-refractivity contribution >= 4 is 34.3 Å². The SMILES string of the molecule is Cc1cc2cc3c(cc2nc1SCC(=O)N1c2ccccc2CC1C)OCCO3. The summed E-state index contributed by atoms with van der Waals surface area (Å²) in [6.07, 6.45) is 0.910. The molecular weight excluding hydrogens is 384 g/mol. The Morgan fingerprint density at radius 1 is 1.17 bits per heavy atom. The van der Waals surface area contributed by atoms with E-state index in [4.69, 9.17) is 14.5 Å². The zero-order valence-electron chi connectivity index (χ0n) is 16.5. The molecule has 2 aliphatic rings. The number of hydrogen-bond donors (Lipinski definition) is 0. The number of carbonyl (C=O) groups excluding carboxylic acids is 1. The highest BCUT2D eigenvalue weighted by Crippen LogP contribution is 2.36. The molecule has 2 aliphatic heterocycles. The minimum atomic E-state index is 0.121. The normalized spacial score (nSPS) is 17.4. The quantitative estimate of drug-likeness (QED) is 0.604. The van der Waals surface area contributed by atoms with Gasteiger partial charge < -0.3 is 14.4 Å². The Bertz CT molecular complexity index is 1110. The first kappa shape index (κ1) is 18.3. The van der Waals surface area contributed by atoms with Crippen LogP contribution in [0.15, 0.2) is 47.5 Å². The number of amides is 1. The summed E-state index contributed by atoms with van der Waals surface area (Å²) >= 11 is 1.50. The van der Waals surface area contributed by atoms with Crippen LogP contribution in [0.4, 0.5) is 5.69 Å². The average Bonchev–Trinajstić information content (AvgIpc) is 3.06. The van der Waals surface area contributed by atoms with Crippen LogP contribution in [-0.4, -0.2) is 35.9 Å². The molecule has 0 bridgehead atoms. The summed E-state index contributed by atoms with van der Waals surface area (Å²) in [7, 11) is 0. The van der Waals surface area contributed by atoms with Gasteiger partial charge in [-0.3, -0.25) is 4.79 Å². The lowest BCUT2D eigenvalue weighted by atomic mass is 10.1. The molecule has 3 aromatic rings. The third-order valence-corrected chi connectivity index (χ3v) is 6.51. The number of para-hydroxylation sites is 1. The number of anilines is 1. The number of pyridine rings is 1. The van der Waals surface area contributed by atoms with E-state index in [2.05, 4.69) is 19.1 Å². The third-order valence-electron chi connectivity index (χ3n) is 5.43. The van der Waals surface area contributed by atoms with Gasteiger partial charge in [0.15, 0.2) is 11.5 Å². The van der Waals surface area contributed by atoms with Crippen LogP contribution in [0.1, 0.15) is 18.1 Å². The van der Waals surface area contributed by atoms with E-state index in [1.54, 1.807) is 0 Å². The Morgan fingerprint density at radius 2 is 1.93 bits per heavy atom. The van der Waals surface area contributed by atoms with Crippen LogP contribution in [0.5, 0.6) is 11.5 Å². The number of carbonyl (C=O) groups is 1. The van der Waals surface area contributed by atoms with Gasteiger partial charge in [0.1, 0.15) is 18.2 Å². The van der Waals surface area contributed by atoms with E-state index >= 15 is 0 Å². The summed E-state index contributed by atoms with van der Waals surface area (Å²) in [4.78, 5) is 19.7. The Labute approximate surface area is 174 Å². The van der Waals surface area contributed by atoms with Gasteiger partial charge in [0.05, 0.1) is 11.3 Å².